The number of fused-ring (bicyclic) bond motifs is 5. The van der Waals surface area contributed by atoms with Gasteiger partial charge < -0.3 is 19.7 Å². The summed E-state index contributed by atoms with van der Waals surface area (Å²) in [6, 6.07) is 0. The molecule has 6 atom stereocenters. The van der Waals surface area contributed by atoms with Crippen LogP contribution in [0.3, 0.4) is 0 Å². The number of rotatable bonds is 4. The van der Waals surface area contributed by atoms with Gasteiger partial charge in [-0.25, -0.2) is 9.59 Å². The lowest BCUT2D eigenvalue weighted by Gasteiger charge is -2.52. The molecule has 0 aliphatic heterocycles. The standard InChI is InChI=1S/C23H28O6/c1-22-9-7-15(28-20(26)12-24)11-14(22)3-4-16-17-5-6-19(29-21(27)13-25)23(17,2)10-8-18(16)22/h3-7,9,15,17-19,24-25H,8,10-13H2,1-2H3/t15-,17-,18-,19-,22-,23-/m0/s1. The van der Waals surface area contributed by atoms with E-state index in [4.69, 9.17) is 19.7 Å². The number of hydrogen-bond acceptors (Lipinski definition) is 6. The Hall–Kier alpha value is -2.18. The average molecular weight is 400 g/mol. The molecule has 0 amide bonds. The first kappa shape index (κ1) is 20.1. The minimum absolute atomic E-state index is 0.138. The molecule has 29 heavy (non-hydrogen) atoms. The van der Waals surface area contributed by atoms with Crippen LogP contribution in [0, 0.1) is 22.7 Å². The van der Waals surface area contributed by atoms with Crippen LogP contribution in [0.1, 0.15) is 33.1 Å². The molecule has 1 fully saturated rings. The third kappa shape index (κ3) is 3.19. The molecule has 0 aromatic heterocycles. The number of hydrogen-bond donors (Lipinski definition) is 2. The van der Waals surface area contributed by atoms with Crippen molar-refractivity contribution < 1.29 is 29.3 Å². The molecule has 0 aromatic rings. The first-order valence-corrected chi connectivity index (χ1v) is 10.2. The molecule has 1 saturated carbocycles. The highest BCUT2D eigenvalue weighted by Gasteiger charge is 2.55. The van der Waals surface area contributed by atoms with Crippen molar-refractivity contribution in [2.45, 2.75) is 45.3 Å². The molecule has 2 N–H and O–H groups in total. The average Bonchev–Trinajstić information content (AvgIpc) is 3.04. The molecule has 4 aliphatic carbocycles. The third-order valence-corrected chi connectivity index (χ3v) is 7.34. The normalized spacial score (nSPS) is 39.6. The van der Waals surface area contributed by atoms with E-state index in [1.54, 1.807) is 0 Å². The molecule has 156 valence electrons. The van der Waals surface area contributed by atoms with Crippen molar-refractivity contribution in [3.05, 3.63) is 47.6 Å². The van der Waals surface area contributed by atoms with Gasteiger partial charge in [-0.2, -0.15) is 0 Å². The second-order valence-corrected chi connectivity index (χ2v) is 8.92. The molecular weight excluding hydrogens is 372 g/mol. The van der Waals surface area contributed by atoms with Gasteiger partial charge in [-0.15, -0.1) is 0 Å². The second-order valence-electron chi connectivity index (χ2n) is 8.92. The Balaban J connectivity index is 1.59. The molecule has 0 spiro atoms. The SMILES string of the molecule is C[C@]12CC[C@H]3C(=CC=C4C[C@@H](OC(=O)CO)C=C[C@@]43C)[C@@H]1C=C[C@@H]2OC(=O)CO. The van der Waals surface area contributed by atoms with Gasteiger partial charge >= 0.3 is 11.9 Å². The summed E-state index contributed by atoms with van der Waals surface area (Å²) in [5.41, 5.74) is 2.24. The Labute approximate surface area is 170 Å². The van der Waals surface area contributed by atoms with Crippen LogP contribution in [0.5, 0.6) is 0 Å². The van der Waals surface area contributed by atoms with E-state index in [2.05, 4.69) is 38.2 Å². The second kappa shape index (κ2) is 7.26. The summed E-state index contributed by atoms with van der Waals surface area (Å²) in [4.78, 5) is 23.1. The molecule has 4 rings (SSSR count). The van der Waals surface area contributed by atoms with Gasteiger partial charge in [0.1, 0.15) is 25.4 Å². The Morgan fingerprint density at radius 1 is 1.07 bits per heavy atom. The van der Waals surface area contributed by atoms with E-state index in [0.717, 1.165) is 12.8 Å². The van der Waals surface area contributed by atoms with Crippen LogP contribution in [0.4, 0.5) is 0 Å². The Kier molecular flexibility index (Phi) is 5.03. The highest BCUT2D eigenvalue weighted by molar-refractivity contribution is 5.71. The fourth-order valence-electron chi connectivity index (χ4n) is 5.67. The summed E-state index contributed by atoms with van der Waals surface area (Å²) in [5.74, 6) is -0.674. The van der Waals surface area contributed by atoms with Crippen molar-refractivity contribution in [1.29, 1.82) is 0 Å². The van der Waals surface area contributed by atoms with E-state index < -0.39 is 25.2 Å². The Morgan fingerprint density at radius 3 is 2.52 bits per heavy atom. The predicted molar refractivity (Wildman–Crippen MR) is 105 cm³/mol. The minimum Gasteiger partial charge on any atom is -0.456 e. The van der Waals surface area contributed by atoms with Crippen molar-refractivity contribution in [2.24, 2.45) is 22.7 Å². The van der Waals surface area contributed by atoms with E-state index in [0.29, 0.717) is 12.3 Å². The lowest BCUT2D eigenvalue weighted by Crippen LogP contribution is -2.47. The summed E-state index contributed by atoms with van der Waals surface area (Å²) in [5, 5.41) is 18.0. The molecular formula is C23H28O6. The van der Waals surface area contributed by atoms with Crippen molar-refractivity contribution in [2.75, 3.05) is 13.2 Å². The summed E-state index contributed by atoms with van der Waals surface area (Å²) >= 11 is 0. The van der Waals surface area contributed by atoms with E-state index in [9.17, 15) is 9.59 Å². The first-order valence-electron chi connectivity index (χ1n) is 10.2. The molecule has 0 unspecified atom stereocenters. The number of allylic oxidation sites excluding steroid dienone is 5. The van der Waals surface area contributed by atoms with E-state index in [1.165, 1.54) is 11.1 Å². The van der Waals surface area contributed by atoms with Crippen LogP contribution in [0.25, 0.3) is 0 Å². The Morgan fingerprint density at radius 2 is 1.79 bits per heavy atom. The van der Waals surface area contributed by atoms with Crippen molar-refractivity contribution in [3.63, 3.8) is 0 Å². The molecule has 6 heteroatoms. The van der Waals surface area contributed by atoms with Gasteiger partial charge in [0.2, 0.25) is 0 Å². The maximum absolute atomic E-state index is 11.6. The van der Waals surface area contributed by atoms with E-state index in [1.807, 2.05) is 12.2 Å². The molecule has 0 aromatic carbocycles. The molecule has 4 aliphatic rings. The number of carbonyl (C=O) groups excluding carboxylic acids is 2. The highest BCUT2D eigenvalue weighted by atomic mass is 16.6. The summed E-state index contributed by atoms with van der Waals surface area (Å²) in [6.07, 6.45) is 14.4. The van der Waals surface area contributed by atoms with Crippen molar-refractivity contribution in [3.8, 4) is 0 Å². The van der Waals surface area contributed by atoms with Crippen molar-refractivity contribution in [1.82, 2.24) is 0 Å². The van der Waals surface area contributed by atoms with Gasteiger partial charge in [-0.05, 0) is 30.9 Å². The van der Waals surface area contributed by atoms with E-state index in [-0.39, 0.29) is 29.0 Å². The number of aliphatic hydroxyl groups is 2. The number of esters is 2. The fraction of sp³-hybridized carbons (Fsp3) is 0.565. The first-order chi connectivity index (χ1) is 13.8. The number of aliphatic hydroxyl groups excluding tert-OH is 2. The molecule has 0 heterocycles. The lowest BCUT2D eigenvalue weighted by atomic mass is 9.52. The third-order valence-electron chi connectivity index (χ3n) is 7.34. The van der Waals surface area contributed by atoms with Crippen LogP contribution in [0.2, 0.25) is 0 Å². The molecule has 0 bridgehead atoms. The van der Waals surface area contributed by atoms with E-state index >= 15 is 0 Å². The van der Waals surface area contributed by atoms with Crippen LogP contribution >= 0.6 is 0 Å². The Bertz CT molecular complexity index is 836. The lowest BCUT2D eigenvalue weighted by molar-refractivity contribution is -0.156. The van der Waals surface area contributed by atoms with Crippen LogP contribution in [0.15, 0.2) is 47.6 Å². The number of ether oxygens (including phenoxy) is 2. The fourth-order valence-corrected chi connectivity index (χ4v) is 5.67. The monoisotopic (exact) mass is 400 g/mol. The minimum atomic E-state index is -0.609. The largest absolute Gasteiger partial charge is 0.456 e. The van der Waals surface area contributed by atoms with Gasteiger partial charge in [0.15, 0.2) is 0 Å². The van der Waals surface area contributed by atoms with Gasteiger partial charge in [-0.1, -0.05) is 49.3 Å². The zero-order valence-electron chi connectivity index (χ0n) is 16.8. The molecule has 6 nitrogen and oxygen atoms in total. The molecule has 0 saturated heterocycles. The van der Waals surface area contributed by atoms with Gasteiger partial charge in [-0.3, -0.25) is 0 Å². The zero-order valence-corrected chi connectivity index (χ0v) is 16.8. The molecule has 0 radical (unpaired) electrons. The highest BCUT2D eigenvalue weighted by Crippen LogP contribution is 2.61. The quantitative estimate of drug-likeness (QED) is 0.555. The smallest absolute Gasteiger partial charge is 0.332 e. The van der Waals surface area contributed by atoms with Crippen LogP contribution in [-0.4, -0.2) is 47.6 Å². The van der Waals surface area contributed by atoms with Gasteiger partial charge in [0.05, 0.1) is 0 Å². The predicted octanol–water partition coefficient (Wildman–Crippen LogP) is 2.23. The number of carbonyl (C=O) groups is 2. The van der Waals surface area contributed by atoms with Crippen molar-refractivity contribution >= 4 is 11.9 Å². The summed E-state index contributed by atoms with van der Waals surface area (Å²) < 4.78 is 10.8. The summed E-state index contributed by atoms with van der Waals surface area (Å²) in [6.45, 7) is 3.18. The van der Waals surface area contributed by atoms with Crippen LogP contribution in [-0.2, 0) is 19.1 Å². The van der Waals surface area contributed by atoms with Gasteiger partial charge in [0.25, 0.3) is 0 Å². The summed E-state index contributed by atoms with van der Waals surface area (Å²) in [7, 11) is 0. The maximum atomic E-state index is 11.6. The van der Waals surface area contributed by atoms with Gasteiger partial charge in [0, 0.05) is 23.2 Å². The maximum Gasteiger partial charge on any atom is 0.332 e. The topological polar surface area (TPSA) is 93.1 Å². The zero-order chi connectivity index (χ0) is 20.8. The van der Waals surface area contributed by atoms with Crippen LogP contribution < -0.4 is 0 Å².